The molecule has 0 amide bonds. The van der Waals surface area contributed by atoms with Gasteiger partial charge < -0.3 is 9.52 Å². The van der Waals surface area contributed by atoms with Gasteiger partial charge in [0.25, 0.3) is 0 Å². The van der Waals surface area contributed by atoms with E-state index in [0.29, 0.717) is 37.6 Å². The van der Waals surface area contributed by atoms with Gasteiger partial charge in [0.05, 0.1) is 12.1 Å². The van der Waals surface area contributed by atoms with Crippen molar-refractivity contribution in [3.05, 3.63) is 23.7 Å². The third-order valence-corrected chi connectivity index (χ3v) is 3.04. The van der Waals surface area contributed by atoms with Crippen molar-refractivity contribution in [3.8, 4) is 0 Å². The maximum absolute atomic E-state index is 11.4. The first kappa shape index (κ1) is 11.9. The Hall–Kier alpha value is -1.62. The number of carboxylic acids is 1. The van der Waals surface area contributed by atoms with Gasteiger partial charge >= 0.3 is 5.97 Å². The van der Waals surface area contributed by atoms with E-state index in [1.165, 1.54) is 12.3 Å². The monoisotopic (exact) mass is 237 g/mol. The van der Waals surface area contributed by atoms with E-state index >= 15 is 0 Å². The topological polar surface area (TPSA) is 70.8 Å². The quantitative estimate of drug-likeness (QED) is 0.860. The van der Waals surface area contributed by atoms with Gasteiger partial charge in [-0.3, -0.25) is 9.69 Å². The molecule has 0 bridgehead atoms. The summed E-state index contributed by atoms with van der Waals surface area (Å²) in [4.78, 5) is 24.1. The van der Waals surface area contributed by atoms with Crippen LogP contribution in [0.15, 0.2) is 16.7 Å². The normalized spacial score (nSPS) is 21.7. The molecule has 1 unspecified atom stereocenters. The Morgan fingerprint density at radius 3 is 3.00 bits per heavy atom. The maximum Gasteiger partial charge on any atom is 0.338 e. The first-order valence-corrected chi connectivity index (χ1v) is 5.62. The van der Waals surface area contributed by atoms with E-state index in [1.807, 2.05) is 6.92 Å². The van der Waals surface area contributed by atoms with Crippen molar-refractivity contribution in [2.24, 2.45) is 5.92 Å². The summed E-state index contributed by atoms with van der Waals surface area (Å²) in [5, 5.41) is 8.76. The van der Waals surface area contributed by atoms with Crippen molar-refractivity contribution in [1.29, 1.82) is 0 Å². The third kappa shape index (κ3) is 2.74. The number of carbonyl (C=O) groups excluding carboxylic acids is 1. The highest BCUT2D eigenvalue weighted by atomic mass is 16.4. The molecular formula is C12H15NO4. The van der Waals surface area contributed by atoms with Crippen LogP contribution in [0.5, 0.6) is 0 Å². The Bertz CT molecular complexity index is 437. The van der Waals surface area contributed by atoms with E-state index < -0.39 is 5.97 Å². The highest BCUT2D eigenvalue weighted by Gasteiger charge is 2.24. The minimum Gasteiger partial charge on any atom is -0.478 e. The summed E-state index contributed by atoms with van der Waals surface area (Å²) in [6.45, 7) is 3.90. The highest BCUT2D eigenvalue weighted by Crippen LogP contribution is 2.16. The molecule has 1 saturated heterocycles. The first-order valence-electron chi connectivity index (χ1n) is 5.62. The lowest BCUT2D eigenvalue weighted by Crippen LogP contribution is -2.38. The van der Waals surface area contributed by atoms with E-state index in [9.17, 15) is 9.59 Å². The number of likely N-dealkylation sites (tertiary alicyclic amines) is 1. The van der Waals surface area contributed by atoms with Gasteiger partial charge in [-0.2, -0.15) is 0 Å². The van der Waals surface area contributed by atoms with Gasteiger partial charge in [0, 0.05) is 25.4 Å². The molecule has 0 radical (unpaired) electrons. The number of hydrogen-bond acceptors (Lipinski definition) is 4. The zero-order valence-electron chi connectivity index (χ0n) is 9.68. The molecule has 2 rings (SSSR count). The van der Waals surface area contributed by atoms with Crippen LogP contribution in [-0.2, 0) is 11.3 Å². The molecule has 0 aliphatic carbocycles. The van der Waals surface area contributed by atoms with Crippen LogP contribution in [0.2, 0.25) is 0 Å². The van der Waals surface area contributed by atoms with Crippen molar-refractivity contribution in [3.63, 3.8) is 0 Å². The average Bonchev–Trinajstić information content (AvgIpc) is 2.72. The van der Waals surface area contributed by atoms with Gasteiger partial charge in [0.2, 0.25) is 0 Å². The zero-order chi connectivity index (χ0) is 12.4. The largest absolute Gasteiger partial charge is 0.478 e. The van der Waals surface area contributed by atoms with Gasteiger partial charge in [-0.25, -0.2) is 4.79 Å². The summed E-state index contributed by atoms with van der Waals surface area (Å²) in [6.07, 6.45) is 1.81. The SMILES string of the molecule is CC1CN(Cc2cc(C(=O)O)co2)CCC1=O. The van der Waals surface area contributed by atoms with E-state index in [4.69, 9.17) is 9.52 Å². The third-order valence-electron chi connectivity index (χ3n) is 3.04. The Balaban J connectivity index is 1.96. The summed E-state index contributed by atoms with van der Waals surface area (Å²) in [7, 11) is 0. The highest BCUT2D eigenvalue weighted by molar-refractivity contribution is 5.87. The second-order valence-corrected chi connectivity index (χ2v) is 4.46. The summed E-state index contributed by atoms with van der Waals surface area (Å²) in [6, 6.07) is 1.53. The molecule has 17 heavy (non-hydrogen) atoms. The van der Waals surface area contributed by atoms with Crippen LogP contribution in [0.3, 0.4) is 0 Å². The van der Waals surface area contributed by atoms with Crippen LogP contribution in [0.4, 0.5) is 0 Å². The van der Waals surface area contributed by atoms with Gasteiger partial charge in [-0.1, -0.05) is 6.92 Å². The molecule has 1 aromatic heterocycles. The number of ketones is 1. The van der Waals surface area contributed by atoms with Gasteiger partial charge in [-0.15, -0.1) is 0 Å². The van der Waals surface area contributed by atoms with Crippen LogP contribution in [0.25, 0.3) is 0 Å². The predicted molar refractivity (Wildman–Crippen MR) is 59.7 cm³/mol. The summed E-state index contributed by atoms with van der Waals surface area (Å²) >= 11 is 0. The summed E-state index contributed by atoms with van der Waals surface area (Å²) in [5.74, 6) is -0.00397. The van der Waals surface area contributed by atoms with E-state index in [2.05, 4.69) is 4.90 Å². The standard InChI is InChI=1S/C12H15NO4/c1-8-5-13(3-2-11(8)14)6-10-4-9(7-17-10)12(15)16/h4,7-8H,2-3,5-6H2,1H3,(H,15,16). The second-order valence-electron chi connectivity index (χ2n) is 4.46. The fourth-order valence-electron chi connectivity index (χ4n) is 2.03. The van der Waals surface area contributed by atoms with Crippen molar-refractivity contribution in [1.82, 2.24) is 4.90 Å². The second kappa shape index (κ2) is 4.71. The molecule has 1 atom stereocenters. The van der Waals surface area contributed by atoms with Gasteiger partial charge in [-0.05, 0) is 6.07 Å². The predicted octanol–water partition coefficient (Wildman–Crippen LogP) is 1.39. The lowest BCUT2D eigenvalue weighted by molar-refractivity contribution is -0.125. The van der Waals surface area contributed by atoms with Crippen molar-refractivity contribution >= 4 is 11.8 Å². The number of rotatable bonds is 3. The molecule has 1 fully saturated rings. The number of Topliss-reactive ketones (excluding diaryl/α,β-unsaturated/α-hetero) is 1. The number of hydrogen-bond donors (Lipinski definition) is 1. The maximum atomic E-state index is 11.4. The number of aromatic carboxylic acids is 1. The van der Waals surface area contributed by atoms with Crippen molar-refractivity contribution in [2.75, 3.05) is 13.1 Å². The molecule has 1 aromatic rings. The molecule has 0 saturated carbocycles. The minimum absolute atomic E-state index is 0.0534. The molecule has 1 N–H and O–H groups in total. The summed E-state index contributed by atoms with van der Waals surface area (Å²) < 4.78 is 5.18. The van der Waals surface area contributed by atoms with Gasteiger partial charge in [0.15, 0.2) is 0 Å². The Morgan fingerprint density at radius 2 is 2.41 bits per heavy atom. The van der Waals surface area contributed by atoms with Crippen LogP contribution < -0.4 is 0 Å². The van der Waals surface area contributed by atoms with Crippen LogP contribution >= 0.6 is 0 Å². The average molecular weight is 237 g/mol. The number of nitrogens with zero attached hydrogens (tertiary/aromatic N) is 1. The molecule has 1 aliphatic heterocycles. The molecule has 2 heterocycles. The van der Waals surface area contributed by atoms with Crippen LogP contribution in [0, 0.1) is 5.92 Å². The zero-order valence-corrected chi connectivity index (χ0v) is 9.68. The Labute approximate surface area is 99.0 Å². The van der Waals surface area contributed by atoms with Crippen molar-refractivity contribution in [2.45, 2.75) is 19.9 Å². The number of carboxylic acid groups (broad SMARTS) is 1. The minimum atomic E-state index is -0.984. The molecule has 5 heteroatoms. The number of furan rings is 1. The van der Waals surface area contributed by atoms with Crippen molar-refractivity contribution < 1.29 is 19.1 Å². The molecule has 92 valence electrons. The van der Waals surface area contributed by atoms with E-state index in [0.717, 1.165) is 0 Å². The fraction of sp³-hybridized carbons (Fsp3) is 0.500. The molecule has 5 nitrogen and oxygen atoms in total. The lowest BCUT2D eigenvalue weighted by Gasteiger charge is -2.28. The molecular weight excluding hydrogens is 222 g/mol. The first-order chi connectivity index (χ1) is 8.06. The molecule has 0 aromatic carbocycles. The van der Waals surface area contributed by atoms with Crippen LogP contribution in [0.1, 0.15) is 29.5 Å². The summed E-state index contributed by atoms with van der Waals surface area (Å²) in [5.41, 5.74) is 0.168. The molecule has 1 aliphatic rings. The van der Waals surface area contributed by atoms with Gasteiger partial charge in [0.1, 0.15) is 17.8 Å². The van der Waals surface area contributed by atoms with E-state index in [1.54, 1.807) is 0 Å². The Kier molecular flexibility index (Phi) is 3.28. The smallest absolute Gasteiger partial charge is 0.338 e. The lowest BCUT2D eigenvalue weighted by atomic mass is 9.98. The van der Waals surface area contributed by atoms with Crippen LogP contribution in [-0.4, -0.2) is 34.8 Å². The van der Waals surface area contributed by atoms with E-state index in [-0.39, 0.29) is 11.5 Å². The Morgan fingerprint density at radius 1 is 1.65 bits per heavy atom. The number of carbonyl (C=O) groups is 2. The fourth-order valence-corrected chi connectivity index (χ4v) is 2.03. The molecule has 0 spiro atoms. The number of piperidine rings is 1.